The Hall–Kier alpha value is -2.49. The maximum Gasteiger partial charge on any atom is 0.255 e. The zero-order valence-corrected chi connectivity index (χ0v) is 17.8. The number of benzene rings is 2. The lowest BCUT2D eigenvalue weighted by atomic mass is 9.87. The highest BCUT2D eigenvalue weighted by atomic mass is 16.1. The number of amides is 1. The summed E-state index contributed by atoms with van der Waals surface area (Å²) in [5.74, 6) is -0.131. The fraction of sp³-hybridized carbons (Fsp3) is 0.458. The highest BCUT2D eigenvalue weighted by Crippen LogP contribution is 2.33. The van der Waals surface area contributed by atoms with Crippen molar-refractivity contribution in [2.75, 3.05) is 22.5 Å². The molecule has 1 heterocycles. The van der Waals surface area contributed by atoms with Gasteiger partial charge in [0.1, 0.15) is 0 Å². The third-order valence-corrected chi connectivity index (χ3v) is 5.74. The minimum absolute atomic E-state index is 0.0659. The molecule has 1 aliphatic rings. The van der Waals surface area contributed by atoms with E-state index in [0.717, 1.165) is 12.1 Å². The standard InChI is InChI=1S/C24H33N3O/c1-16-14-20(25)21(15-22(16)27-13-7-6-8-17(27)2)26-23(28)18-9-11-19(12-10-18)24(3,4)5/h9-12,14-15,17H,6-8,13,25H2,1-5H3,(H,26,28)/t17-/m0/s1. The van der Waals surface area contributed by atoms with Gasteiger partial charge >= 0.3 is 0 Å². The third-order valence-electron chi connectivity index (χ3n) is 5.74. The Bertz CT molecular complexity index is 849. The molecule has 4 heteroatoms. The molecule has 2 aromatic carbocycles. The van der Waals surface area contributed by atoms with E-state index < -0.39 is 0 Å². The summed E-state index contributed by atoms with van der Waals surface area (Å²) < 4.78 is 0. The molecule has 0 radical (unpaired) electrons. The van der Waals surface area contributed by atoms with Gasteiger partial charge in [-0.2, -0.15) is 0 Å². The Morgan fingerprint density at radius 3 is 2.43 bits per heavy atom. The predicted molar refractivity (Wildman–Crippen MR) is 119 cm³/mol. The van der Waals surface area contributed by atoms with E-state index in [2.05, 4.69) is 44.8 Å². The fourth-order valence-corrected chi connectivity index (χ4v) is 3.91. The van der Waals surface area contributed by atoms with Gasteiger partial charge in [-0.25, -0.2) is 0 Å². The summed E-state index contributed by atoms with van der Waals surface area (Å²) in [6.45, 7) is 11.9. The van der Waals surface area contributed by atoms with Crippen LogP contribution in [0.2, 0.25) is 0 Å². The highest BCUT2D eigenvalue weighted by Gasteiger charge is 2.21. The van der Waals surface area contributed by atoms with Crippen LogP contribution in [-0.2, 0) is 5.41 Å². The lowest BCUT2D eigenvalue weighted by Crippen LogP contribution is -2.37. The van der Waals surface area contributed by atoms with Crippen LogP contribution in [0.15, 0.2) is 36.4 Å². The second kappa shape index (κ2) is 7.86. The maximum absolute atomic E-state index is 12.8. The molecule has 150 valence electrons. The van der Waals surface area contributed by atoms with Crippen LogP contribution in [0.4, 0.5) is 17.1 Å². The SMILES string of the molecule is Cc1cc(N)c(NC(=O)c2ccc(C(C)(C)C)cc2)cc1N1CCCC[C@@H]1C. The van der Waals surface area contributed by atoms with Gasteiger partial charge in [-0.1, -0.05) is 32.9 Å². The van der Waals surface area contributed by atoms with E-state index in [1.807, 2.05) is 36.4 Å². The predicted octanol–water partition coefficient (Wildman–Crippen LogP) is 5.51. The largest absolute Gasteiger partial charge is 0.397 e. The Labute approximate surface area is 169 Å². The fourth-order valence-electron chi connectivity index (χ4n) is 3.91. The monoisotopic (exact) mass is 379 g/mol. The molecular formula is C24H33N3O. The van der Waals surface area contributed by atoms with Crippen molar-refractivity contribution >= 4 is 23.0 Å². The van der Waals surface area contributed by atoms with E-state index >= 15 is 0 Å². The van der Waals surface area contributed by atoms with E-state index in [0.29, 0.717) is 23.0 Å². The van der Waals surface area contributed by atoms with E-state index in [1.165, 1.54) is 30.5 Å². The number of carbonyl (C=O) groups excluding carboxylic acids is 1. The Kier molecular flexibility index (Phi) is 5.69. The Morgan fingerprint density at radius 1 is 1.14 bits per heavy atom. The number of nitrogens with two attached hydrogens (primary N) is 1. The molecule has 1 aliphatic heterocycles. The van der Waals surface area contributed by atoms with Crippen LogP contribution in [-0.4, -0.2) is 18.5 Å². The average Bonchev–Trinajstić information content (AvgIpc) is 2.64. The molecular weight excluding hydrogens is 346 g/mol. The van der Waals surface area contributed by atoms with Crippen molar-refractivity contribution in [2.45, 2.75) is 65.3 Å². The van der Waals surface area contributed by atoms with Crippen molar-refractivity contribution in [3.8, 4) is 0 Å². The summed E-state index contributed by atoms with van der Waals surface area (Å²) in [7, 11) is 0. The van der Waals surface area contributed by atoms with Crippen molar-refractivity contribution in [3.05, 3.63) is 53.1 Å². The van der Waals surface area contributed by atoms with Crippen LogP contribution < -0.4 is 16.0 Å². The van der Waals surface area contributed by atoms with Gasteiger partial charge in [0.05, 0.1) is 11.4 Å². The molecule has 0 saturated carbocycles. The number of nitrogen functional groups attached to an aromatic ring is 1. The van der Waals surface area contributed by atoms with Crippen LogP contribution in [0, 0.1) is 6.92 Å². The summed E-state index contributed by atoms with van der Waals surface area (Å²) in [6, 6.07) is 12.3. The molecule has 1 saturated heterocycles. The number of hydrogen-bond donors (Lipinski definition) is 2. The first-order chi connectivity index (χ1) is 13.2. The first-order valence-electron chi connectivity index (χ1n) is 10.3. The first kappa shape index (κ1) is 20.2. The van der Waals surface area contributed by atoms with Gasteiger partial charge in [0, 0.05) is 23.8 Å². The molecule has 4 nitrogen and oxygen atoms in total. The number of nitrogens with one attached hydrogen (secondary N) is 1. The summed E-state index contributed by atoms with van der Waals surface area (Å²) in [6.07, 6.45) is 3.68. The summed E-state index contributed by atoms with van der Waals surface area (Å²) >= 11 is 0. The van der Waals surface area contributed by atoms with Gasteiger partial charge in [0.2, 0.25) is 0 Å². The van der Waals surface area contributed by atoms with Crippen LogP contribution in [0.25, 0.3) is 0 Å². The van der Waals surface area contributed by atoms with Crippen LogP contribution >= 0.6 is 0 Å². The van der Waals surface area contributed by atoms with Gasteiger partial charge in [0.15, 0.2) is 0 Å². The summed E-state index contributed by atoms with van der Waals surface area (Å²) in [4.78, 5) is 15.2. The highest BCUT2D eigenvalue weighted by molar-refractivity contribution is 6.06. The van der Waals surface area contributed by atoms with E-state index in [9.17, 15) is 4.79 Å². The second-order valence-electron chi connectivity index (χ2n) is 9.05. The minimum Gasteiger partial charge on any atom is -0.397 e. The maximum atomic E-state index is 12.8. The van der Waals surface area contributed by atoms with Crippen LogP contribution in [0.1, 0.15) is 68.4 Å². The number of carbonyl (C=O) groups is 1. The number of anilines is 3. The van der Waals surface area contributed by atoms with Crippen molar-refractivity contribution in [3.63, 3.8) is 0 Å². The lowest BCUT2D eigenvalue weighted by Gasteiger charge is -2.36. The van der Waals surface area contributed by atoms with Gasteiger partial charge in [-0.15, -0.1) is 0 Å². The average molecular weight is 380 g/mol. The number of rotatable bonds is 3. The van der Waals surface area contributed by atoms with Crippen LogP contribution in [0.5, 0.6) is 0 Å². The number of aryl methyl sites for hydroxylation is 1. The molecule has 0 aromatic heterocycles. The van der Waals surface area contributed by atoms with E-state index in [-0.39, 0.29) is 11.3 Å². The molecule has 28 heavy (non-hydrogen) atoms. The van der Waals surface area contributed by atoms with Crippen molar-refractivity contribution in [2.24, 2.45) is 0 Å². The third kappa shape index (κ3) is 4.32. The van der Waals surface area contributed by atoms with E-state index in [1.54, 1.807) is 0 Å². The minimum atomic E-state index is -0.131. The molecule has 0 aliphatic carbocycles. The smallest absolute Gasteiger partial charge is 0.255 e. The van der Waals surface area contributed by atoms with Gasteiger partial charge in [-0.3, -0.25) is 4.79 Å². The zero-order valence-electron chi connectivity index (χ0n) is 17.8. The number of hydrogen-bond acceptors (Lipinski definition) is 3. The molecule has 2 aromatic rings. The molecule has 3 N–H and O–H groups in total. The number of piperidine rings is 1. The first-order valence-corrected chi connectivity index (χ1v) is 10.3. The van der Waals surface area contributed by atoms with Crippen molar-refractivity contribution < 1.29 is 4.79 Å². The summed E-state index contributed by atoms with van der Waals surface area (Å²) in [5, 5.41) is 3.02. The topological polar surface area (TPSA) is 58.4 Å². The van der Waals surface area contributed by atoms with Gasteiger partial charge in [-0.05, 0) is 73.9 Å². The zero-order chi connectivity index (χ0) is 20.5. The van der Waals surface area contributed by atoms with Crippen LogP contribution in [0.3, 0.4) is 0 Å². The van der Waals surface area contributed by atoms with Crippen molar-refractivity contribution in [1.82, 2.24) is 0 Å². The Morgan fingerprint density at radius 2 is 1.82 bits per heavy atom. The second-order valence-corrected chi connectivity index (χ2v) is 9.05. The van der Waals surface area contributed by atoms with E-state index in [4.69, 9.17) is 5.73 Å². The molecule has 0 unspecified atom stereocenters. The quantitative estimate of drug-likeness (QED) is 0.692. The molecule has 0 bridgehead atoms. The molecule has 0 spiro atoms. The number of nitrogens with zero attached hydrogens (tertiary/aromatic N) is 1. The molecule has 1 fully saturated rings. The van der Waals surface area contributed by atoms with Gasteiger partial charge < -0.3 is 16.0 Å². The molecule has 1 atom stereocenters. The molecule has 3 rings (SSSR count). The Balaban J connectivity index is 1.83. The van der Waals surface area contributed by atoms with Gasteiger partial charge in [0.25, 0.3) is 5.91 Å². The summed E-state index contributed by atoms with van der Waals surface area (Å²) in [5.41, 5.74) is 11.7. The lowest BCUT2D eigenvalue weighted by molar-refractivity contribution is 0.102. The van der Waals surface area contributed by atoms with Crippen molar-refractivity contribution in [1.29, 1.82) is 0 Å². The molecule has 1 amide bonds. The normalized spacial score (nSPS) is 17.5.